The first-order chi connectivity index (χ1) is 10.3. The third-order valence-corrected chi connectivity index (χ3v) is 3.98. The van der Waals surface area contributed by atoms with Crippen LogP contribution in [-0.2, 0) is 6.54 Å². The summed E-state index contributed by atoms with van der Waals surface area (Å²) in [5.41, 5.74) is 4.10. The Bertz CT molecular complexity index is 624. The van der Waals surface area contributed by atoms with E-state index in [1.165, 1.54) is 16.7 Å². The molecule has 22 heavy (non-hydrogen) atoms. The van der Waals surface area contributed by atoms with Gasteiger partial charge < -0.3 is 4.74 Å². The second kappa shape index (κ2) is 8.02. The number of nitrogens with zero attached hydrogens (tertiary/aromatic N) is 1. The summed E-state index contributed by atoms with van der Waals surface area (Å²) in [4.78, 5) is 2.49. The van der Waals surface area contributed by atoms with Crippen molar-refractivity contribution in [2.24, 2.45) is 0 Å². The van der Waals surface area contributed by atoms with Gasteiger partial charge in [0.15, 0.2) is 0 Å². The quantitative estimate of drug-likeness (QED) is 0.829. The van der Waals surface area contributed by atoms with Crippen LogP contribution < -0.4 is 4.74 Å². The number of ether oxygens (including phenoxy) is 1. The average Bonchev–Trinajstić information content (AvgIpc) is 2.56. The highest BCUT2D eigenvalue weighted by Gasteiger charge is 2.13. The highest BCUT2D eigenvalue weighted by molar-refractivity contribution is 5.85. The number of benzene rings is 2. The molecule has 0 N–H and O–H groups in total. The lowest BCUT2D eigenvalue weighted by molar-refractivity contribution is 0.294. The maximum absolute atomic E-state index is 5.31. The van der Waals surface area contributed by atoms with Crippen LogP contribution in [0.3, 0.4) is 0 Å². The number of halogens is 1. The zero-order chi connectivity index (χ0) is 14.5. The predicted molar refractivity (Wildman–Crippen MR) is 94.6 cm³/mol. The van der Waals surface area contributed by atoms with E-state index in [-0.39, 0.29) is 12.4 Å². The van der Waals surface area contributed by atoms with Crippen molar-refractivity contribution < 1.29 is 4.74 Å². The molecule has 0 amide bonds. The van der Waals surface area contributed by atoms with Crippen molar-refractivity contribution in [2.45, 2.75) is 13.0 Å². The van der Waals surface area contributed by atoms with Gasteiger partial charge in [0.1, 0.15) is 5.75 Å². The third kappa shape index (κ3) is 4.12. The molecule has 0 bridgehead atoms. The summed E-state index contributed by atoms with van der Waals surface area (Å²) < 4.78 is 5.31. The topological polar surface area (TPSA) is 12.5 Å². The Balaban J connectivity index is 0.00000176. The lowest BCUT2D eigenvalue weighted by Crippen LogP contribution is -2.27. The summed E-state index contributed by atoms with van der Waals surface area (Å²) in [5.74, 6) is 0.931. The maximum Gasteiger partial charge on any atom is 0.119 e. The van der Waals surface area contributed by atoms with Crippen molar-refractivity contribution >= 4 is 18.0 Å². The molecular weight excluding hydrogens is 294 g/mol. The van der Waals surface area contributed by atoms with Gasteiger partial charge in [-0.1, -0.05) is 48.5 Å². The number of methoxy groups -OCH3 is 1. The lowest BCUT2D eigenvalue weighted by atomic mass is 9.99. The van der Waals surface area contributed by atoms with Crippen LogP contribution in [0.15, 0.2) is 60.7 Å². The minimum atomic E-state index is 0. The van der Waals surface area contributed by atoms with E-state index in [0.717, 1.165) is 31.8 Å². The minimum absolute atomic E-state index is 0. The van der Waals surface area contributed by atoms with Gasteiger partial charge in [-0.25, -0.2) is 0 Å². The van der Waals surface area contributed by atoms with Crippen molar-refractivity contribution in [2.75, 3.05) is 20.2 Å². The highest BCUT2D eigenvalue weighted by atomic mass is 35.5. The first-order valence-electron chi connectivity index (χ1n) is 7.45. The van der Waals surface area contributed by atoms with E-state index >= 15 is 0 Å². The standard InChI is InChI=1S/C19H21NO.ClH/c1-21-19-9-5-8-18(14-19)17-10-12-20(13-11-17)15-16-6-3-2-4-7-16;/h2-10,14H,11-13,15H2,1H3;1H. The zero-order valence-corrected chi connectivity index (χ0v) is 13.7. The molecule has 0 radical (unpaired) electrons. The molecule has 116 valence electrons. The largest absolute Gasteiger partial charge is 0.497 e. The van der Waals surface area contributed by atoms with E-state index in [4.69, 9.17) is 4.74 Å². The van der Waals surface area contributed by atoms with E-state index in [9.17, 15) is 0 Å². The summed E-state index contributed by atoms with van der Waals surface area (Å²) >= 11 is 0. The van der Waals surface area contributed by atoms with Crippen molar-refractivity contribution in [1.29, 1.82) is 0 Å². The molecule has 2 aromatic carbocycles. The summed E-state index contributed by atoms with van der Waals surface area (Å²) in [7, 11) is 1.72. The van der Waals surface area contributed by atoms with Crippen molar-refractivity contribution in [1.82, 2.24) is 4.90 Å². The van der Waals surface area contributed by atoms with Gasteiger partial charge in [-0.05, 0) is 35.3 Å². The molecule has 3 heteroatoms. The summed E-state index contributed by atoms with van der Waals surface area (Å²) in [6.45, 7) is 3.15. The monoisotopic (exact) mass is 315 g/mol. The molecule has 0 atom stereocenters. The Hall–Kier alpha value is -1.77. The van der Waals surface area contributed by atoms with Crippen LogP contribution in [0.1, 0.15) is 17.5 Å². The summed E-state index contributed by atoms with van der Waals surface area (Å²) in [5, 5.41) is 0. The van der Waals surface area contributed by atoms with Crippen LogP contribution in [-0.4, -0.2) is 25.1 Å². The van der Waals surface area contributed by atoms with Crippen molar-refractivity contribution in [3.05, 3.63) is 71.8 Å². The number of hydrogen-bond acceptors (Lipinski definition) is 2. The first kappa shape index (κ1) is 16.6. The fourth-order valence-corrected chi connectivity index (χ4v) is 2.78. The van der Waals surface area contributed by atoms with Gasteiger partial charge >= 0.3 is 0 Å². The number of rotatable bonds is 4. The van der Waals surface area contributed by atoms with E-state index in [0.29, 0.717) is 0 Å². The van der Waals surface area contributed by atoms with Crippen molar-refractivity contribution in [3.63, 3.8) is 0 Å². The zero-order valence-electron chi connectivity index (χ0n) is 12.9. The van der Waals surface area contributed by atoms with Crippen LogP contribution in [0, 0.1) is 0 Å². The SMILES string of the molecule is COc1cccc(C2=CCN(Cc3ccccc3)CC2)c1.Cl. The molecule has 2 aromatic rings. The molecule has 0 spiro atoms. The molecular formula is C19H22ClNO. The molecule has 0 fully saturated rings. The Morgan fingerprint density at radius 1 is 1.05 bits per heavy atom. The van der Waals surface area contributed by atoms with Crippen LogP contribution in [0.25, 0.3) is 5.57 Å². The summed E-state index contributed by atoms with van der Waals surface area (Å²) in [6, 6.07) is 19.0. The minimum Gasteiger partial charge on any atom is -0.497 e. The Kier molecular flexibility index (Phi) is 6.05. The fraction of sp³-hybridized carbons (Fsp3) is 0.263. The fourth-order valence-electron chi connectivity index (χ4n) is 2.78. The van der Waals surface area contributed by atoms with Gasteiger partial charge in [-0.3, -0.25) is 4.90 Å². The van der Waals surface area contributed by atoms with E-state index < -0.39 is 0 Å². The molecule has 1 aliphatic rings. The van der Waals surface area contributed by atoms with Crippen LogP contribution in [0.2, 0.25) is 0 Å². The van der Waals surface area contributed by atoms with E-state index in [1.54, 1.807) is 7.11 Å². The number of hydrogen-bond donors (Lipinski definition) is 0. The smallest absolute Gasteiger partial charge is 0.119 e. The van der Waals surface area contributed by atoms with Gasteiger partial charge in [0.05, 0.1) is 7.11 Å². The van der Waals surface area contributed by atoms with Gasteiger partial charge in [0, 0.05) is 19.6 Å². The lowest BCUT2D eigenvalue weighted by Gasteiger charge is -2.26. The van der Waals surface area contributed by atoms with Gasteiger partial charge in [0.2, 0.25) is 0 Å². The molecule has 2 nitrogen and oxygen atoms in total. The second-order valence-electron chi connectivity index (χ2n) is 5.43. The first-order valence-corrected chi connectivity index (χ1v) is 7.45. The van der Waals surface area contributed by atoms with E-state index in [2.05, 4.69) is 59.5 Å². The molecule has 1 heterocycles. The highest BCUT2D eigenvalue weighted by Crippen LogP contribution is 2.25. The van der Waals surface area contributed by atoms with Gasteiger partial charge in [0.25, 0.3) is 0 Å². The molecule has 3 rings (SSSR count). The maximum atomic E-state index is 5.31. The van der Waals surface area contributed by atoms with Gasteiger partial charge in [-0.15, -0.1) is 12.4 Å². The molecule has 0 aromatic heterocycles. The molecule has 0 unspecified atom stereocenters. The molecule has 0 saturated carbocycles. The third-order valence-electron chi connectivity index (χ3n) is 3.98. The van der Waals surface area contributed by atoms with E-state index in [1.807, 2.05) is 6.07 Å². The normalized spacial score (nSPS) is 14.9. The molecule has 1 aliphatic heterocycles. The van der Waals surface area contributed by atoms with Gasteiger partial charge in [-0.2, -0.15) is 0 Å². The van der Waals surface area contributed by atoms with Crippen LogP contribution >= 0.6 is 12.4 Å². The Morgan fingerprint density at radius 2 is 1.86 bits per heavy atom. The molecule has 0 aliphatic carbocycles. The van der Waals surface area contributed by atoms with Crippen molar-refractivity contribution in [3.8, 4) is 5.75 Å². The second-order valence-corrected chi connectivity index (χ2v) is 5.43. The predicted octanol–water partition coefficient (Wildman–Crippen LogP) is 4.41. The molecule has 0 saturated heterocycles. The Morgan fingerprint density at radius 3 is 2.55 bits per heavy atom. The Labute approximate surface area is 138 Å². The average molecular weight is 316 g/mol. The summed E-state index contributed by atoms with van der Waals surface area (Å²) in [6.07, 6.45) is 3.45. The van der Waals surface area contributed by atoms with Crippen LogP contribution in [0.4, 0.5) is 0 Å². The van der Waals surface area contributed by atoms with Crippen LogP contribution in [0.5, 0.6) is 5.75 Å².